The lowest BCUT2D eigenvalue weighted by atomic mass is 10.6. The predicted octanol–water partition coefficient (Wildman–Crippen LogP) is -0.252. The number of halogens is 3. The molecule has 0 aromatic heterocycles. The van der Waals surface area contributed by atoms with Gasteiger partial charge in [0.05, 0.1) is 0 Å². The Bertz CT molecular complexity index is 101. The molecule has 0 aromatic rings. The number of amides is 1. The van der Waals surface area contributed by atoms with Gasteiger partial charge in [-0.05, 0) is 0 Å². The first-order valence-electron chi connectivity index (χ1n) is 2.44. The maximum absolute atomic E-state index is 11.3. The predicted molar refractivity (Wildman–Crippen MR) is 35.3 cm³/mol. The second-order valence-corrected chi connectivity index (χ2v) is 1.38. The normalized spacial score (nSPS) is 8.80. The summed E-state index contributed by atoms with van der Waals surface area (Å²) in [7, 11) is 0. The molecule has 0 saturated heterocycles. The van der Waals surface area contributed by atoms with E-state index in [9.17, 15) is 13.6 Å². The molecule has 0 spiro atoms. The summed E-state index contributed by atoms with van der Waals surface area (Å²) in [5.74, 6) is -1.26. The van der Waals surface area contributed by atoms with Crippen molar-refractivity contribution in [2.45, 2.75) is 6.43 Å². The zero-order valence-electron chi connectivity index (χ0n) is 5.14. The third-order valence-corrected chi connectivity index (χ3v) is 0.642. The Hall–Kier alpha value is -0.420. The number of carbonyl (C=O) groups is 1. The molecule has 0 radical (unpaired) electrons. The molecule has 0 aliphatic carbocycles. The van der Waals surface area contributed by atoms with Crippen molar-refractivity contribution in [3.63, 3.8) is 0 Å². The SMILES string of the molecule is Cl.NCCNC(=O)C(F)F. The fraction of sp³-hybridized carbons (Fsp3) is 0.750. The van der Waals surface area contributed by atoms with Gasteiger partial charge in [0.15, 0.2) is 0 Å². The second-order valence-electron chi connectivity index (χ2n) is 1.38. The van der Waals surface area contributed by atoms with E-state index in [2.05, 4.69) is 0 Å². The topological polar surface area (TPSA) is 55.1 Å². The summed E-state index contributed by atoms with van der Waals surface area (Å²) in [6.07, 6.45) is -2.93. The summed E-state index contributed by atoms with van der Waals surface area (Å²) in [6, 6.07) is 0. The van der Waals surface area contributed by atoms with Gasteiger partial charge >= 0.3 is 6.43 Å². The van der Waals surface area contributed by atoms with Crippen LogP contribution >= 0.6 is 12.4 Å². The van der Waals surface area contributed by atoms with Crippen LogP contribution in [-0.2, 0) is 4.79 Å². The molecule has 0 fully saturated rings. The molecule has 0 rings (SSSR count). The highest BCUT2D eigenvalue weighted by Gasteiger charge is 2.12. The van der Waals surface area contributed by atoms with Crippen molar-refractivity contribution in [3.8, 4) is 0 Å². The second kappa shape index (κ2) is 6.70. The van der Waals surface area contributed by atoms with Crippen molar-refractivity contribution in [1.29, 1.82) is 0 Å². The summed E-state index contributed by atoms with van der Waals surface area (Å²) < 4.78 is 22.6. The van der Waals surface area contributed by atoms with Gasteiger partial charge in [0.1, 0.15) is 0 Å². The van der Waals surface area contributed by atoms with E-state index in [4.69, 9.17) is 5.73 Å². The van der Waals surface area contributed by atoms with E-state index in [1.165, 1.54) is 0 Å². The standard InChI is InChI=1S/C4H8F2N2O.ClH/c5-3(6)4(9)8-2-1-7;/h3H,1-2,7H2,(H,8,9);1H. The maximum Gasteiger partial charge on any atom is 0.315 e. The van der Waals surface area contributed by atoms with Gasteiger partial charge in [0.25, 0.3) is 5.91 Å². The Morgan fingerprint density at radius 3 is 2.40 bits per heavy atom. The van der Waals surface area contributed by atoms with Crippen molar-refractivity contribution < 1.29 is 13.6 Å². The molecule has 0 saturated carbocycles. The van der Waals surface area contributed by atoms with E-state index in [0.717, 1.165) is 0 Å². The molecular formula is C4H9ClF2N2O. The van der Waals surface area contributed by atoms with Gasteiger partial charge in [-0.2, -0.15) is 8.78 Å². The first-order valence-corrected chi connectivity index (χ1v) is 2.44. The lowest BCUT2D eigenvalue weighted by Gasteiger charge is -1.99. The summed E-state index contributed by atoms with van der Waals surface area (Å²) >= 11 is 0. The van der Waals surface area contributed by atoms with Gasteiger partial charge in [-0.15, -0.1) is 12.4 Å². The van der Waals surface area contributed by atoms with E-state index in [1.54, 1.807) is 0 Å². The lowest BCUT2D eigenvalue weighted by Crippen LogP contribution is -2.33. The lowest BCUT2D eigenvalue weighted by molar-refractivity contribution is -0.131. The van der Waals surface area contributed by atoms with E-state index in [0.29, 0.717) is 0 Å². The van der Waals surface area contributed by atoms with Crippen LogP contribution in [0.2, 0.25) is 0 Å². The van der Waals surface area contributed by atoms with Gasteiger partial charge in [0.2, 0.25) is 0 Å². The van der Waals surface area contributed by atoms with E-state index >= 15 is 0 Å². The summed E-state index contributed by atoms with van der Waals surface area (Å²) in [5.41, 5.74) is 4.92. The third kappa shape index (κ3) is 5.71. The number of hydrogen-bond donors (Lipinski definition) is 2. The molecule has 0 aromatic carbocycles. The van der Waals surface area contributed by atoms with Crippen LogP contribution in [0.4, 0.5) is 8.78 Å². The number of rotatable bonds is 3. The minimum atomic E-state index is -2.93. The van der Waals surface area contributed by atoms with Crippen LogP contribution < -0.4 is 11.1 Å². The first-order chi connectivity index (χ1) is 4.18. The fourth-order valence-corrected chi connectivity index (χ4v) is 0.273. The largest absolute Gasteiger partial charge is 0.350 e. The molecule has 0 unspecified atom stereocenters. The molecule has 3 N–H and O–H groups in total. The molecule has 3 nitrogen and oxygen atoms in total. The van der Waals surface area contributed by atoms with Gasteiger partial charge in [-0.3, -0.25) is 4.79 Å². The van der Waals surface area contributed by atoms with Crippen LogP contribution in [0.15, 0.2) is 0 Å². The minimum Gasteiger partial charge on any atom is -0.350 e. The highest BCUT2D eigenvalue weighted by atomic mass is 35.5. The van der Waals surface area contributed by atoms with Crippen LogP contribution in [0.3, 0.4) is 0 Å². The van der Waals surface area contributed by atoms with Crippen LogP contribution in [0.5, 0.6) is 0 Å². The first kappa shape index (κ1) is 12.3. The Morgan fingerprint density at radius 1 is 1.60 bits per heavy atom. The number of carbonyl (C=O) groups excluding carboxylic acids is 1. The Labute approximate surface area is 63.4 Å². The molecular weight excluding hydrogens is 166 g/mol. The van der Waals surface area contributed by atoms with Crippen LogP contribution in [0.25, 0.3) is 0 Å². The Kier molecular flexibility index (Phi) is 8.22. The monoisotopic (exact) mass is 174 g/mol. The molecule has 0 aliphatic heterocycles. The molecule has 0 heterocycles. The van der Waals surface area contributed by atoms with E-state index < -0.39 is 12.3 Å². The number of alkyl halides is 2. The average Bonchev–Trinajstić information content (AvgIpc) is 1.82. The van der Waals surface area contributed by atoms with Crippen LogP contribution in [0, 0.1) is 0 Å². The zero-order valence-corrected chi connectivity index (χ0v) is 5.96. The Morgan fingerprint density at radius 2 is 2.10 bits per heavy atom. The number of nitrogens with one attached hydrogen (secondary N) is 1. The van der Waals surface area contributed by atoms with E-state index in [-0.39, 0.29) is 25.5 Å². The van der Waals surface area contributed by atoms with Gasteiger partial charge < -0.3 is 11.1 Å². The van der Waals surface area contributed by atoms with Crippen molar-refractivity contribution in [1.82, 2.24) is 5.32 Å². The van der Waals surface area contributed by atoms with Crippen LogP contribution in [0.1, 0.15) is 0 Å². The van der Waals surface area contributed by atoms with E-state index in [1.807, 2.05) is 5.32 Å². The molecule has 0 atom stereocenters. The fourth-order valence-electron chi connectivity index (χ4n) is 0.273. The molecule has 62 valence electrons. The summed E-state index contributed by atoms with van der Waals surface area (Å²) in [5, 5.41) is 1.92. The van der Waals surface area contributed by atoms with Crippen LogP contribution in [-0.4, -0.2) is 25.4 Å². The summed E-state index contributed by atoms with van der Waals surface area (Å²) in [6.45, 7) is 0.279. The quantitative estimate of drug-likeness (QED) is 0.620. The van der Waals surface area contributed by atoms with Gasteiger partial charge in [0, 0.05) is 13.1 Å². The summed E-state index contributed by atoms with van der Waals surface area (Å²) in [4.78, 5) is 9.99. The smallest absolute Gasteiger partial charge is 0.315 e. The third-order valence-electron chi connectivity index (χ3n) is 0.642. The van der Waals surface area contributed by atoms with Crippen molar-refractivity contribution in [2.75, 3.05) is 13.1 Å². The maximum atomic E-state index is 11.3. The molecule has 0 bridgehead atoms. The zero-order chi connectivity index (χ0) is 7.28. The van der Waals surface area contributed by atoms with Crippen molar-refractivity contribution >= 4 is 18.3 Å². The Balaban J connectivity index is 0. The highest BCUT2D eigenvalue weighted by molar-refractivity contribution is 5.85. The molecule has 10 heavy (non-hydrogen) atoms. The highest BCUT2D eigenvalue weighted by Crippen LogP contribution is 1.88. The van der Waals surface area contributed by atoms with Crippen molar-refractivity contribution in [2.24, 2.45) is 5.73 Å². The molecule has 0 aliphatic rings. The minimum absolute atomic E-state index is 0. The van der Waals surface area contributed by atoms with Gasteiger partial charge in [-0.25, -0.2) is 0 Å². The number of hydrogen-bond acceptors (Lipinski definition) is 2. The molecule has 6 heteroatoms. The molecule has 1 amide bonds. The average molecular weight is 175 g/mol. The van der Waals surface area contributed by atoms with Gasteiger partial charge in [-0.1, -0.05) is 0 Å². The number of nitrogens with two attached hydrogens (primary N) is 1. The van der Waals surface area contributed by atoms with Crippen molar-refractivity contribution in [3.05, 3.63) is 0 Å².